The largest absolute Gasteiger partial charge is 0.444 e. The van der Waals surface area contributed by atoms with Crippen molar-refractivity contribution in [3.05, 3.63) is 0 Å². The van der Waals surface area contributed by atoms with E-state index in [-0.39, 0.29) is 6.09 Å². The highest BCUT2D eigenvalue weighted by Gasteiger charge is 2.44. The summed E-state index contributed by atoms with van der Waals surface area (Å²) in [4.78, 5) is 14.4. The fourth-order valence-corrected chi connectivity index (χ4v) is 3.92. The second-order valence-corrected chi connectivity index (χ2v) is 9.01. The molecule has 0 radical (unpaired) electrons. The lowest BCUT2D eigenvalue weighted by atomic mass is 9.97. The van der Waals surface area contributed by atoms with Crippen molar-refractivity contribution in [3.63, 3.8) is 0 Å². The molecule has 3 atom stereocenters. The molecule has 1 N–H and O–H groups in total. The second kappa shape index (κ2) is 7.43. The molecule has 0 aliphatic carbocycles. The fraction of sp³-hybridized carbons (Fsp3) is 0.941. The summed E-state index contributed by atoms with van der Waals surface area (Å²) >= 11 is 1.92. The molecule has 0 aromatic rings. The number of thioether (sulfide) groups is 1. The van der Waals surface area contributed by atoms with Crippen LogP contribution in [0.4, 0.5) is 4.79 Å². The van der Waals surface area contributed by atoms with Crippen LogP contribution in [0.3, 0.4) is 0 Å². The Morgan fingerprint density at radius 2 is 1.91 bits per heavy atom. The van der Waals surface area contributed by atoms with Gasteiger partial charge in [0.1, 0.15) is 5.60 Å². The van der Waals surface area contributed by atoms with Gasteiger partial charge in [-0.15, -0.1) is 0 Å². The molecule has 2 aliphatic heterocycles. The second-order valence-electron chi connectivity index (χ2n) is 7.73. The molecule has 2 rings (SSSR count). The molecular weight excluding hydrogens is 296 g/mol. The van der Waals surface area contributed by atoms with E-state index in [2.05, 4.69) is 18.5 Å². The molecule has 2 aliphatic rings. The first kappa shape index (κ1) is 17.9. The van der Waals surface area contributed by atoms with Gasteiger partial charge < -0.3 is 15.0 Å². The van der Waals surface area contributed by atoms with Crippen LogP contribution in [-0.4, -0.2) is 52.8 Å². The van der Waals surface area contributed by atoms with Crippen LogP contribution in [0, 0.1) is 0 Å². The Morgan fingerprint density at radius 1 is 1.32 bits per heavy atom. The summed E-state index contributed by atoms with van der Waals surface area (Å²) in [6, 6.07) is 1.29. The molecule has 2 heterocycles. The summed E-state index contributed by atoms with van der Waals surface area (Å²) in [5.74, 6) is 0. The van der Waals surface area contributed by atoms with Crippen molar-refractivity contribution in [2.75, 3.05) is 12.8 Å². The summed E-state index contributed by atoms with van der Waals surface area (Å²) in [6.45, 7) is 9.18. The topological polar surface area (TPSA) is 41.6 Å². The zero-order valence-electron chi connectivity index (χ0n) is 14.7. The van der Waals surface area contributed by atoms with Crippen molar-refractivity contribution in [2.24, 2.45) is 0 Å². The fourth-order valence-electron chi connectivity index (χ4n) is 3.57. The molecule has 0 saturated carbocycles. The van der Waals surface area contributed by atoms with Gasteiger partial charge in [-0.25, -0.2) is 4.79 Å². The van der Waals surface area contributed by atoms with E-state index < -0.39 is 5.60 Å². The van der Waals surface area contributed by atoms with E-state index in [4.69, 9.17) is 4.74 Å². The van der Waals surface area contributed by atoms with Gasteiger partial charge in [0, 0.05) is 23.4 Å². The number of ether oxygens (including phenoxy) is 1. The first-order valence-corrected chi connectivity index (χ1v) is 9.86. The highest BCUT2D eigenvalue weighted by Crippen LogP contribution is 2.36. The van der Waals surface area contributed by atoms with Crippen LogP contribution >= 0.6 is 11.8 Å². The molecule has 1 amide bonds. The van der Waals surface area contributed by atoms with Crippen LogP contribution in [0.5, 0.6) is 0 Å². The predicted molar refractivity (Wildman–Crippen MR) is 93.5 cm³/mol. The number of carbonyl (C=O) groups is 1. The van der Waals surface area contributed by atoms with Gasteiger partial charge in [-0.3, -0.25) is 0 Å². The summed E-state index contributed by atoms with van der Waals surface area (Å²) < 4.78 is 5.58. The zero-order valence-corrected chi connectivity index (χ0v) is 15.5. The third kappa shape index (κ3) is 4.79. The van der Waals surface area contributed by atoms with Gasteiger partial charge in [-0.2, -0.15) is 11.8 Å². The number of nitrogens with one attached hydrogen (secondary N) is 1. The van der Waals surface area contributed by atoms with Gasteiger partial charge in [0.05, 0.1) is 0 Å². The van der Waals surface area contributed by atoms with Gasteiger partial charge >= 0.3 is 6.09 Å². The maximum atomic E-state index is 12.4. The Balaban J connectivity index is 1.82. The molecule has 5 heteroatoms. The van der Waals surface area contributed by atoms with Crippen molar-refractivity contribution >= 4 is 17.9 Å². The minimum atomic E-state index is -0.403. The third-order valence-electron chi connectivity index (χ3n) is 4.72. The maximum absolute atomic E-state index is 12.4. The van der Waals surface area contributed by atoms with Crippen LogP contribution in [0.1, 0.15) is 59.8 Å². The molecule has 128 valence electrons. The van der Waals surface area contributed by atoms with E-state index in [0.717, 1.165) is 32.2 Å². The van der Waals surface area contributed by atoms with Crippen molar-refractivity contribution in [1.82, 2.24) is 10.2 Å². The van der Waals surface area contributed by atoms with Crippen LogP contribution < -0.4 is 5.32 Å². The lowest BCUT2D eigenvalue weighted by Gasteiger charge is -2.39. The Hall–Kier alpha value is -0.420. The van der Waals surface area contributed by atoms with E-state index in [1.54, 1.807) is 0 Å². The van der Waals surface area contributed by atoms with Crippen molar-refractivity contribution in [1.29, 1.82) is 0 Å². The molecule has 0 spiro atoms. The lowest BCUT2D eigenvalue weighted by molar-refractivity contribution is 0.00476. The molecule has 2 saturated heterocycles. The number of nitrogens with zero attached hydrogens (tertiary/aromatic N) is 1. The minimum Gasteiger partial charge on any atom is -0.444 e. The molecular formula is C17H32N2O2S. The first-order chi connectivity index (χ1) is 10.3. The van der Waals surface area contributed by atoms with E-state index in [9.17, 15) is 4.79 Å². The standard InChI is InChI=1S/C17H32N2O2S/c1-12(22-5)8-9-18-13-10-14-6-7-15(11-13)19(14)16(20)21-17(2,3)4/h12-15,18H,6-11H2,1-5H3. The average molecular weight is 329 g/mol. The molecule has 0 aromatic heterocycles. The normalized spacial score (nSPS) is 29.5. The summed E-state index contributed by atoms with van der Waals surface area (Å²) in [5, 5.41) is 4.42. The highest BCUT2D eigenvalue weighted by atomic mass is 32.2. The number of hydrogen-bond acceptors (Lipinski definition) is 4. The van der Waals surface area contributed by atoms with Crippen molar-refractivity contribution < 1.29 is 9.53 Å². The van der Waals surface area contributed by atoms with Crippen LogP contribution in [-0.2, 0) is 4.74 Å². The SMILES string of the molecule is CSC(C)CCNC1CC2CCC(C1)N2C(=O)OC(C)(C)C. The quantitative estimate of drug-likeness (QED) is 0.836. The van der Waals surface area contributed by atoms with Crippen LogP contribution in [0.15, 0.2) is 0 Å². The molecule has 22 heavy (non-hydrogen) atoms. The van der Waals surface area contributed by atoms with E-state index in [0.29, 0.717) is 23.4 Å². The van der Waals surface area contributed by atoms with Gasteiger partial charge in [-0.1, -0.05) is 6.92 Å². The average Bonchev–Trinajstić information content (AvgIpc) is 2.68. The highest BCUT2D eigenvalue weighted by molar-refractivity contribution is 7.99. The number of fused-ring (bicyclic) bond motifs is 2. The number of hydrogen-bond donors (Lipinski definition) is 1. The molecule has 0 aromatic carbocycles. The Labute approximate surface area is 139 Å². The van der Waals surface area contributed by atoms with E-state index in [1.165, 1.54) is 6.42 Å². The maximum Gasteiger partial charge on any atom is 0.410 e. The molecule has 3 unspecified atom stereocenters. The molecule has 4 nitrogen and oxygen atoms in total. The Kier molecular flexibility index (Phi) is 6.06. The van der Waals surface area contributed by atoms with Gasteiger partial charge in [-0.05, 0) is 65.7 Å². The number of piperidine rings is 1. The lowest BCUT2D eigenvalue weighted by Crippen LogP contribution is -2.52. The summed E-state index contributed by atoms with van der Waals surface area (Å²) in [7, 11) is 0. The van der Waals surface area contributed by atoms with Crippen LogP contribution in [0.2, 0.25) is 0 Å². The van der Waals surface area contributed by atoms with Gasteiger partial charge in [0.2, 0.25) is 0 Å². The zero-order chi connectivity index (χ0) is 16.3. The van der Waals surface area contributed by atoms with Crippen molar-refractivity contribution in [3.8, 4) is 0 Å². The number of carbonyl (C=O) groups excluding carboxylic acids is 1. The number of amides is 1. The molecule has 2 fully saturated rings. The Bertz CT molecular complexity index is 369. The van der Waals surface area contributed by atoms with Crippen molar-refractivity contribution in [2.45, 2.75) is 88.8 Å². The molecule has 2 bridgehead atoms. The Morgan fingerprint density at radius 3 is 2.41 bits per heavy atom. The van der Waals surface area contributed by atoms with Gasteiger partial charge in [0.15, 0.2) is 0 Å². The predicted octanol–water partition coefficient (Wildman–Crippen LogP) is 3.65. The van der Waals surface area contributed by atoms with Crippen LogP contribution in [0.25, 0.3) is 0 Å². The monoisotopic (exact) mass is 328 g/mol. The van der Waals surface area contributed by atoms with Gasteiger partial charge in [0.25, 0.3) is 0 Å². The summed E-state index contributed by atoms with van der Waals surface area (Å²) in [5.41, 5.74) is -0.403. The third-order valence-corrected chi connectivity index (χ3v) is 5.76. The first-order valence-electron chi connectivity index (χ1n) is 8.57. The smallest absolute Gasteiger partial charge is 0.410 e. The minimum absolute atomic E-state index is 0.116. The summed E-state index contributed by atoms with van der Waals surface area (Å²) in [6.07, 6.45) is 7.67. The van der Waals surface area contributed by atoms with E-state index >= 15 is 0 Å². The van der Waals surface area contributed by atoms with E-state index in [1.807, 2.05) is 37.4 Å². The number of rotatable bonds is 5.